The summed E-state index contributed by atoms with van der Waals surface area (Å²) in [6.07, 6.45) is 0. The maximum atomic E-state index is 13.3. The summed E-state index contributed by atoms with van der Waals surface area (Å²) < 4.78 is 13.3. The first kappa shape index (κ1) is 17.4. The van der Waals surface area contributed by atoms with Crippen LogP contribution in [0.4, 0.5) is 10.1 Å². The van der Waals surface area contributed by atoms with Crippen molar-refractivity contribution in [3.8, 4) is 0 Å². The maximum absolute atomic E-state index is 13.3. The molecule has 6 heteroatoms. The van der Waals surface area contributed by atoms with Crippen LogP contribution in [0.5, 0.6) is 0 Å². The number of benzene rings is 1. The standard InChI is InChI=1S/C19H18FNO3S/c1-10(2)16(22)14-15(18-11(3)8-9-25-18)21(19(24)17(14)23)13-6-4-12(20)5-7-13/h4-10,15,23H,1-3H3. The van der Waals surface area contributed by atoms with E-state index in [1.165, 1.54) is 40.5 Å². The average Bonchev–Trinajstić information content (AvgIpc) is 3.10. The molecule has 0 spiro atoms. The van der Waals surface area contributed by atoms with E-state index in [1.54, 1.807) is 13.8 Å². The molecule has 3 rings (SSSR count). The molecule has 2 heterocycles. The number of Topliss-reactive ketones (excluding diaryl/α,β-unsaturated/α-hetero) is 1. The highest BCUT2D eigenvalue weighted by atomic mass is 32.1. The summed E-state index contributed by atoms with van der Waals surface area (Å²) in [4.78, 5) is 27.6. The van der Waals surface area contributed by atoms with Crippen LogP contribution < -0.4 is 4.90 Å². The van der Waals surface area contributed by atoms with E-state index in [1.807, 2.05) is 18.4 Å². The minimum atomic E-state index is -0.701. The van der Waals surface area contributed by atoms with Gasteiger partial charge in [0.05, 0.1) is 5.57 Å². The van der Waals surface area contributed by atoms with Gasteiger partial charge in [-0.15, -0.1) is 11.3 Å². The van der Waals surface area contributed by atoms with Gasteiger partial charge in [0, 0.05) is 16.5 Å². The second kappa shape index (κ2) is 6.44. The normalized spacial score (nSPS) is 17.7. The van der Waals surface area contributed by atoms with Gasteiger partial charge >= 0.3 is 0 Å². The van der Waals surface area contributed by atoms with Crippen molar-refractivity contribution in [3.05, 3.63) is 63.3 Å². The number of aliphatic hydroxyl groups is 1. The van der Waals surface area contributed by atoms with E-state index in [0.29, 0.717) is 5.69 Å². The van der Waals surface area contributed by atoms with Gasteiger partial charge in [0.1, 0.15) is 11.9 Å². The molecule has 4 nitrogen and oxygen atoms in total. The van der Waals surface area contributed by atoms with Crippen molar-refractivity contribution in [1.29, 1.82) is 0 Å². The Bertz CT molecular complexity index is 867. The molecule has 1 aliphatic rings. The van der Waals surface area contributed by atoms with Gasteiger partial charge in [-0.25, -0.2) is 4.39 Å². The second-order valence-corrected chi connectivity index (χ2v) is 7.25. The van der Waals surface area contributed by atoms with Crippen LogP contribution in [0.2, 0.25) is 0 Å². The molecule has 2 aromatic rings. The third kappa shape index (κ3) is 2.87. The molecule has 1 N–H and O–H groups in total. The number of carbonyl (C=O) groups excluding carboxylic acids is 2. The van der Waals surface area contributed by atoms with E-state index >= 15 is 0 Å². The lowest BCUT2D eigenvalue weighted by molar-refractivity contribution is -0.119. The summed E-state index contributed by atoms with van der Waals surface area (Å²) in [6.45, 7) is 5.35. The number of thiophene rings is 1. The van der Waals surface area contributed by atoms with Crippen molar-refractivity contribution >= 4 is 28.7 Å². The lowest BCUT2D eigenvalue weighted by Gasteiger charge is -2.27. The first-order valence-electron chi connectivity index (χ1n) is 7.93. The average molecular weight is 359 g/mol. The Morgan fingerprint density at radius 2 is 1.88 bits per heavy atom. The summed E-state index contributed by atoms with van der Waals surface area (Å²) in [5, 5.41) is 12.3. The summed E-state index contributed by atoms with van der Waals surface area (Å²) in [7, 11) is 0. The number of aliphatic hydroxyl groups excluding tert-OH is 1. The van der Waals surface area contributed by atoms with Crippen molar-refractivity contribution in [3.63, 3.8) is 0 Å². The van der Waals surface area contributed by atoms with E-state index in [-0.39, 0.29) is 17.3 Å². The smallest absolute Gasteiger partial charge is 0.294 e. The van der Waals surface area contributed by atoms with Gasteiger partial charge in [-0.3, -0.25) is 14.5 Å². The highest BCUT2D eigenvalue weighted by Crippen LogP contribution is 2.44. The predicted octanol–water partition coefficient (Wildman–Crippen LogP) is 4.32. The fourth-order valence-electron chi connectivity index (χ4n) is 2.95. The molecule has 1 aromatic heterocycles. The summed E-state index contributed by atoms with van der Waals surface area (Å²) in [6, 6.07) is 6.65. The van der Waals surface area contributed by atoms with Crippen LogP contribution in [-0.2, 0) is 9.59 Å². The number of anilines is 1. The number of carbonyl (C=O) groups is 2. The van der Waals surface area contributed by atoms with Gasteiger partial charge < -0.3 is 5.11 Å². The molecule has 0 saturated heterocycles. The molecular formula is C19H18FNO3S. The van der Waals surface area contributed by atoms with Crippen LogP contribution in [0.15, 0.2) is 47.0 Å². The molecule has 0 fully saturated rings. The minimum Gasteiger partial charge on any atom is -0.503 e. The zero-order valence-corrected chi connectivity index (χ0v) is 14.9. The molecule has 1 aromatic carbocycles. The lowest BCUT2D eigenvalue weighted by Crippen LogP contribution is -2.31. The number of rotatable bonds is 4. The number of amides is 1. The molecule has 1 aliphatic heterocycles. The third-order valence-corrected chi connectivity index (χ3v) is 5.32. The van der Waals surface area contributed by atoms with E-state index < -0.39 is 23.5 Å². The van der Waals surface area contributed by atoms with Gasteiger partial charge in [0.25, 0.3) is 5.91 Å². The highest BCUT2D eigenvalue weighted by molar-refractivity contribution is 7.10. The Hall–Kier alpha value is -2.47. The van der Waals surface area contributed by atoms with E-state index in [2.05, 4.69) is 0 Å². The zero-order chi connectivity index (χ0) is 18.3. The quantitative estimate of drug-likeness (QED) is 0.884. The molecule has 1 atom stereocenters. The number of hydrogen-bond donors (Lipinski definition) is 1. The van der Waals surface area contributed by atoms with Crippen LogP contribution >= 0.6 is 11.3 Å². The number of nitrogens with zero attached hydrogens (tertiary/aromatic N) is 1. The van der Waals surface area contributed by atoms with Gasteiger partial charge in [0.15, 0.2) is 11.5 Å². The lowest BCUT2D eigenvalue weighted by atomic mass is 9.93. The van der Waals surface area contributed by atoms with Crippen molar-refractivity contribution in [2.45, 2.75) is 26.8 Å². The van der Waals surface area contributed by atoms with Gasteiger partial charge in [-0.2, -0.15) is 0 Å². The molecule has 0 aliphatic carbocycles. The van der Waals surface area contributed by atoms with Crippen molar-refractivity contribution in [2.75, 3.05) is 4.90 Å². The van der Waals surface area contributed by atoms with Gasteiger partial charge in [-0.05, 0) is 48.2 Å². The first-order chi connectivity index (χ1) is 11.8. The predicted molar refractivity (Wildman–Crippen MR) is 95.2 cm³/mol. The Labute approximate surface area is 149 Å². The highest BCUT2D eigenvalue weighted by Gasteiger charge is 2.45. The Kier molecular flexibility index (Phi) is 4.47. The summed E-state index contributed by atoms with van der Waals surface area (Å²) >= 11 is 1.42. The van der Waals surface area contributed by atoms with Crippen molar-refractivity contribution < 1.29 is 19.1 Å². The van der Waals surface area contributed by atoms with Crippen LogP contribution in [-0.4, -0.2) is 16.8 Å². The first-order valence-corrected chi connectivity index (χ1v) is 8.81. The summed E-state index contributed by atoms with van der Waals surface area (Å²) in [5.74, 6) is -2.22. The Balaban J connectivity index is 2.19. The van der Waals surface area contributed by atoms with E-state index in [9.17, 15) is 19.1 Å². The third-order valence-electron chi connectivity index (χ3n) is 4.25. The SMILES string of the molecule is Cc1ccsc1C1C(C(=O)C(C)C)=C(O)C(=O)N1c1ccc(F)cc1. The molecule has 25 heavy (non-hydrogen) atoms. The fourth-order valence-corrected chi connectivity index (χ4v) is 3.97. The number of halogens is 1. The molecule has 0 radical (unpaired) electrons. The van der Waals surface area contributed by atoms with Crippen LogP contribution in [0.3, 0.4) is 0 Å². The fraction of sp³-hybridized carbons (Fsp3) is 0.263. The van der Waals surface area contributed by atoms with Gasteiger partial charge in [-0.1, -0.05) is 13.8 Å². The van der Waals surface area contributed by atoms with Crippen molar-refractivity contribution in [1.82, 2.24) is 0 Å². The molecule has 0 saturated carbocycles. The Morgan fingerprint density at radius 1 is 1.24 bits per heavy atom. The number of hydrogen-bond acceptors (Lipinski definition) is 4. The topological polar surface area (TPSA) is 57.6 Å². The van der Waals surface area contributed by atoms with Crippen molar-refractivity contribution in [2.24, 2.45) is 5.92 Å². The monoisotopic (exact) mass is 359 g/mol. The van der Waals surface area contributed by atoms with E-state index in [0.717, 1.165) is 10.4 Å². The molecule has 130 valence electrons. The van der Waals surface area contributed by atoms with Crippen LogP contribution in [0.1, 0.15) is 30.3 Å². The second-order valence-electron chi connectivity index (χ2n) is 6.30. The zero-order valence-electron chi connectivity index (χ0n) is 14.1. The van der Waals surface area contributed by atoms with Crippen LogP contribution in [0, 0.1) is 18.7 Å². The Morgan fingerprint density at radius 3 is 2.40 bits per heavy atom. The molecular weight excluding hydrogens is 341 g/mol. The molecule has 0 bridgehead atoms. The molecule has 1 unspecified atom stereocenters. The van der Waals surface area contributed by atoms with E-state index in [4.69, 9.17) is 0 Å². The largest absolute Gasteiger partial charge is 0.503 e. The number of aryl methyl sites for hydroxylation is 1. The van der Waals surface area contributed by atoms with Gasteiger partial charge in [0.2, 0.25) is 0 Å². The number of ketones is 1. The molecule has 1 amide bonds. The van der Waals surface area contributed by atoms with Crippen LogP contribution in [0.25, 0.3) is 0 Å². The maximum Gasteiger partial charge on any atom is 0.294 e. The minimum absolute atomic E-state index is 0.106. The summed E-state index contributed by atoms with van der Waals surface area (Å²) in [5.41, 5.74) is 1.47.